The molecule has 0 radical (unpaired) electrons. The molecule has 0 aliphatic carbocycles. The summed E-state index contributed by atoms with van der Waals surface area (Å²) < 4.78 is 43.5. The van der Waals surface area contributed by atoms with Crippen LogP contribution in [-0.4, -0.2) is 31.2 Å². The molecule has 1 aromatic heterocycles. The monoisotopic (exact) mass is 359 g/mol. The molecule has 8 heteroatoms. The van der Waals surface area contributed by atoms with Crippen molar-refractivity contribution in [2.45, 2.75) is 10.9 Å². The van der Waals surface area contributed by atoms with Gasteiger partial charge in [-0.15, -0.1) is 0 Å². The van der Waals surface area contributed by atoms with Gasteiger partial charge in [-0.1, -0.05) is 18.2 Å². The van der Waals surface area contributed by atoms with Gasteiger partial charge in [0.15, 0.2) is 21.4 Å². The van der Waals surface area contributed by atoms with Crippen LogP contribution < -0.4 is 10.1 Å². The van der Waals surface area contributed by atoms with Crippen molar-refractivity contribution in [1.29, 1.82) is 0 Å². The lowest BCUT2D eigenvalue weighted by Gasteiger charge is -2.15. The summed E-state index contributed by atoms with van der Waals surface area (Å²) in [5, 5.41) is 3.72. The van der Waals surface area contributed by atoms with Crippen LogP contribution in [0.25, 0.3) is 10.9 Å². The minimum Gasteiger partial charge on any atom is -0.494 e. The Balaban J connectivity index is 1.80. The normalized spacial score (nSPS) is 18.1. The van der Waals surface area contributed by atoms with Crippen LogP contribution in [0.1, 0.15) is 11.6 Å². The molecule has 3 aromatic rings. The van der Waals surface area contributed by atoms with Crippen LogP contribution >= 0.6 is 0 Å². The van der Waals surface area contributed by atoms with E-state index in [2.05, 4.69) is 15.3 Å². The molecule has 25 heavy (non-hydrogen) atoms. The van der Waals surface area contributed by atoms with E-state index in [4.69, 9.17) is 4.74 Å². The topological polar surface area (TPSA) is 81.2 Å². The van der Waals surface area contributed by atoms with Gasteiger partial charge in [0.1, 0.15) is 12.1 Å². The number of hydrogen-bond donors (Lipinski definition) is 1. The summed E-state index contributed by atoms with van der Waals surface area (Å²) in [6, 6.07) is 9.21. The summed E-state index contributed by atoms with van der Waals surface area (Å²) >= 11 is 0. The fourth-order valence-corrected chi connectivity index (χ4v) is 4.80. The first kappa shape index (κ1) is 15.8. The van der Waals surface area contributed by atoms with Gasteiger partial charge in [0, 0.05) is 11.5 Å². The number of nitrogens with zero attached hydrogens (tertiary/aromatic N) is 2. The van der Waals surface area contributed by atoms with Gasteiger partial charge >= 0.3 is 0 Å². The molecule has 6 nitrogen and oxygen atoms in total. The first-order valence-electron chi connectivity index (χ1n) is 7.56. The molecule has 1 atom stereocenters. The second-order valence-electron chi connectivity index (χ2n) is 5.74. The van der Waals surface area contributed by atoms with Gasteiger partial charge in [0.25, 0.3) is 0 Å². The largest absolute Gasteiger partial charge is 0.494 e. The summed E-state index contributed by atoms with van der Waals surface area (Å²) in [4.78, 5) is 8.59. The van der Waals surface area contributed by atoms with Crippen LogP contribution in [0.4, 0.5) is 10.2 Å². The third-order valence-corrected chi connectivity index (χ3v) is 6.05. The van der Waals surface area contributed by atoms with E-state index in [0.29, 0.717) is 27.2 Å². The molecule has 0 saturated carbocycles. The van der Waals surface area contributed by atoms with E-state index in [1.807, 2.05) is 0 Å². The van der Waals surface area contributed by atoms with Crippen molar-refractivity contribution in [3.05, 3.63) is 54.1 Å². The average Bonchev–Trinajstić information content (AvgIpc) is 2.85. The fourth-order valence-electron chi connectivity index (χ4n) is 3.06. The van der Waals surface area contributed by atoms with E-state index in [0.717, 1.165) is 0 Å². The highest BCUT2D eigenvalue weighted by atomic mass is 32.2. The number of hydrogen-bond acceptors (Lipinski definition) is 6. The van der Waals surface area contributed by atoms with E-state index < -0.39 is 21.7 Å². The molecule has 1 aliphatic heterocycles. The molecule has 0 spiro atoms. The zero-order valence-corrected chi connectivity index (χ0v) is 14.0. The molecule has 0 saturated heterocycles. The van der Waals surface area contributed by atoms with Crippen LogP contribution in [0.3, 0.4) is 0 Å². The predicted molar refractivity (Wildman–Crippen MR) is 90.9 cm³/mol. The van der Waals surface area contributed by atoms with E-state index in [9.17, 15) is 12.8 Å². The van der Waals surface area contributed by atoms with E-state index in [1.165, 1.54) is 25.6 Å². The third kappa shape index (κ3) is 2.58. The summed E-state index contributed by atoms with van der Waals surface area (Å²) in [6.45, 7) is 0. The smallest absolute Gasteiger partial charge is 0.181 e. The standard InChI is InChI=1S/C17H14FN3O3S/c1-24-15-6-11-13(7-12(15)18)19-9-20-17(11)21-14-8-25(22,23)16-5-3-2-4-10(14)16/h2-7,9,14H,8H2,1H3,(H,19,20,21). The van der Waals surface area contributed by atoms with Gasteiger partial charge in [-0.25, -0.2) is 22.8 Å². The number of anilines is 1. The first-order valence-corrected chi connectivity index (χ1v) is 9.21. The lowest BCUT2D eigenvalue weighted by molar-refractivity contribution is 0.387. The van der Waals surface area contributed by atoms with E-state index >= 15 is 0 Å². The van der Waals surface area contributed by atoms with Crippen LogP contribution in [0.15, 0.2) is 47.6 Å². The van der Waals surface area contributed by atoms with Gasteiger partial charge in [0.05, 0.1) is 29.3 Å². The van der Waals surface area contributed by atoms with Crippen molar-refractivity contribution in [2.24, 2.45) is 0 Å². The van der Waals surface area contributed by atoms with Crippen LogP contribution in [0.5, 0.6) is 5.75 Å². The predicted octanol–water partition coefficient (Wildman–Crippen LogP) is 2.72. The highest BCUT2D eigenvalue weighted by Gasteiger charge is 2.34. The number of benzene rings is 2. The summed E-state index contributed by atoms with van der Waals surface area (Å²) in [7, 11) is -1.96. The minimum absolute atomic E-state index is 0.0594. The minimum atomic E-state index is -3.34. The van der Waals surface area contributed by atoms with Crippen molar-refractivity contribution in [2.75, 3.05) is 18.2 Å². The summed E-state index contributed by atoms with van der Waals surface area (Å²) in [5.41, 5.74) is 1.10. The highest BCUT2D eigenvalue weighted by molar-refractivity contribution is 7.91. The summed E-state index contributed by atoms with van der Waals surface area (Å²) in [5.74, 6) is -0.0747. The number of nitrogens with one attached hydrogen (secondary N) is 1. The Hall–Kier alpha value is -2.74. The number of ether oxygens (including phenoxy) is 1. The molecule has 4 rings (SSSR count). The zero-order valence-electron chi connectivity index (χ0n) is 13.2. The number of methoxy groups -OCH3 is 1. The number of sulfone groups is 1. The summed E-state index contributed by atoms with van der Waals surface area (Å²) in [6.07, 6.45) is 1.31. The quantitative estimate of drug-likeness (QED) is 0.774. The van der Waals surface area contributed by atoms with Gasteiger partial charge < -0.3 is 10.1 Å². The number of aromatic nitrogens is 2. The molecule has 2 heterocycles. The molecular weight excluding hydrogens is 345 g/mol. The lowest BCUT2D eigenvalue weighted by atomic mass is 10.1. The van der Waals surface area contributed by atoms with Gasteiger partial charge in [0.2, 0.25) is 0 Å². The molecule has 1 unspecified atom stereocenters. The Morgan fingerprint density at radius 1 is 1.24 bits per heavy atom. The van der Waals surface area contributed by atoms with Gasteiger partial charge in [-0.05, 0) is 17.7 Å². The maximum atomic E-state index is 13.9. The van der Waals surface area contributed by atoms with Crippen molar-refractivity contribution in [3.63, 3.8) is 0 Å². The molecule has 2 aromatic carbocycles. The molecule has 1 N–H and O–H groups in total. The Labute approximate surface area is 143 Å². The fraction of sp³-hybridized carbons (Fsp3) is 0.176. The second kappa shape index (κ2) is 5.66. The Morgan fingerprint density at radius 2 is 2.04 bits per heavy atom. The van der Waals surface area contributed by atoms with Crippen molar-refractivity contribution >= 4 is 26.6 Å². The van der Waals surface area contributed by atoms with Crippen LogP contribution in [0, 0.1) is 5.82 Å². The van der Waals surface area contributed by atoms with Crippen molar-refractivity contribution in [1.82, 2.24) is 9.97 Å². The molecule has 0 bridgehead atoms. The molecule has 0 fully saturated rings. The number of rotatable bonds is 3. The van der Waals surface area contributed by atoms with Crippen LogP contribution in [-0.2, 0) is 9.84 Å². The molecule has 128 valence electrons. The maximum absolute atomic E-state index is 13.9. The SMILES string of the molecule is COc1cc2c(NC3CS(=O)(=O)c4ccccc43)ncnc2cc1F. The third-order valence-electron chi connectivity index (χ3n) is 4.24. The van der Waals surface area contributed by atoms with Crippen molar-refractivity contribution in [3.8, 4) is 5.75 Å². The average molecular weight is 359 g/mol. The molecular formula is C17H14FN3O3S. The Kier molecular flexibility index (Phi) is 3.57. The number of fused-ring (bicyclic) bond motifs is 2. The maximum Gasteiger partial charge on any atom is 0.181 e. The Morgan fingerprint density at radius 3 is 2.84 bits per heavy atom. The van der Waals surface area contributed by atoms with Gasteiger partial charge in [-0.2, -0.15) is 0 Å². The molecule has 1 aliphatic rings. The van der Waals surface area contributed by atoms with Crippen LogP contribution in [0.2, 0.25) is 0 Å². The number of halogens is 1. The first-order chi connectivity index (χ1) is 12.0. The highest BCUT2D eigenvalue weighted by Crippen LogP contribution is 2.36. The van der Waals surface area contributed by atoms with Crippen molar-refractivity contribution < 1.29 is 17.5 Å². The van der Waals surface area contributed by atoms with E-state index in [-0.39, 0.29) is 11.5 Å². The van der Waals surface area contributed by atoms with Gasteiger partial charge in [-0.3, -0.25) is 0 Å². The lowest BCUT2D eigenvalue weighted by Crippen LogP contribution is -2.14. The second-order valence-corrected chi connectivity index (χ2v) is 7.74. The zero-order chi connectivity index (χ0) is 17.6. The Bertz CT molecular complexity index is 1090. The van der Waals surface area contributed by atoms with E-state index in [1.54, 1.807) is 24.3 Å². The molecule has 0 amide bonds.